The van der Waals surface area contributed by atoms with E-state index in [1.54, 1.807) is 0 Å². The smallest absolute Gasteiger partial charge is 0.303 e. The third kappa shape index (κ3) is 3.56. The summed E-state index contributed by atoms with van der Waals surface area (Å²) in [6, 6.07) is 4.76. The van der Waals surface area contributed by atoms with Crippen molar-refractivity contribution in [2.45, 2.75) is 38.6 Å². The molecule has 0 aromatic carbocycles. The highest BCUT2D eigenvalue weighted by Gasteiger charge is 2.24. The van der Waals surface area contributed by atoms with Gasteiger partial charge in [-0.25, -0.2) is 0 Å². The normalized spacial score (nSPS) is 22.8. The first-order chi connectivity index (χ1) is 8.66. The van der Waals surface area contributed by atoms with Gasteiger partial charge >= 0.3 is 5.97 Å². The number of aliphatic carboxylic acids is 1. The Hall–Kier alpha value is -0.870. The molecule has 100 valence electrons. The minimum Gasteiger partial charge on any atom is -0.481 e. The number of likely N-dealkylation sites (tertiary alicyclic amines) is 1. The van der Waals surface area contributed by atoms with Crippen LogP contribution in [0.2, 0.25) is 0 Å². The van der Waals surface area contributed by atoms with E-state index in [2.05, 4.69) is 29.3 Å². The zero-order valence-electron chi connectivity index (χ0n) is 10.8. The van der Waals surface area contributed by atoms with Crippen molar-refractivity contribution >= 4 is 17.3 Å². The van der Waals surface area contributed by atoms with Crippen LogP contribution in [0.25, 0.3) is 0 Å². The number of carboxylic acid groups (broad SMARTS) is 1. The summed E-state index contributed by atoms with van der Waals surface area (Å²) in [4.78, 5) is 14.5. The summed E-state index contributed by atoms with van der Waals surface area (Å²) < 4.78 is 0. The number of piperidine rings is 1. The SMILES string of the molecule is CC(c1cccs1)N1CCCC(CCC(=O)O)C1. The Balaban J connectivity index is 1.88. The Morgan fingerprint density at radius 1 is 1.67 bits per heavy atom. The Bertz CT molecular complexity index is 377. The third-order valence-electron chi connectivity index (χ3n) is 3.82. The van der Waals surface area contributed by atoms with Crippen LogP contribution < -0.4 is 0 Å². The molecule has 2 unspecified atom stereocenters. The number of nitrogens with zero attached hydrogens (tertiary/aromatic N) is 1. The predicted octanol–water partition coefficient (Wildman–Crippen LogP) is 3.39. The van der Waals surface area contributed by atoms with Gasteiger partial charge in [-0.3, -0.25) is 9.69 Å². The maximum atomic E-state index is 10.6. The Morgan fingerprint density at radius 3 is 3.17 bits per heavy atom. The van der Waals surface area contributed by atoms with Crippen LogP contribution in [0.4, 0.5) is 0 Å². The summed E-state index contributed by atoms with van der Waals surface area (Å²) in [5.41, 5.74) is 0. The van der Waals surface area contributed by atoms with E-state index in [1.807, 2.05) is 11.3 Å². The van der Waals surface area contributed by atoms with Crippen molar-refractivity contribution in [1.82, 2.24) is 4.90 Å². The Morgan fingerprint density at radius 2 is 2.50 bits per heavy atom. The van der Waals surface area contributed by atoms with E-state index < -0.39 is 5.97 Å². The highest BCUT2D eigenvalue weighted by Crippen LogP contribution is 2.30. The van der Waals surface area contributed by atoms with E-state index in [-0.39, 0.29) is 0 Å². The van der Waals surface area contributed by atoms with Gasteiger partial charge in [0.2, 0.25) is 0 Å². The molecule has 0 spiro atoms. The second-order valence-corrected chi connectivity index (χ2v) is 6.11. The molecule has 1 fully saturated rings. The molecular formula is C14H21NO2S. The molecule has 1 aromatic rings. The van der Waals surface area contributed by atoms with Crippen LogP contribution >= 0.6 is 11.3 Å². The summed E-state index contributed by atoms with van der Waals surface area (Å²) in [5.74, 6) is -0.115. The Labute approximate surface area is 112 Å². The second kappa shape index (κ2) is 6.34. The lowest BCUT2D eigenvalue weighted by atomic mass is 9.92. The average molecular weight is 267 g/mol. The van der Waals surface area contributed by atoms with E-state index in [0.29, 0.717) is 18.4 Å². The summed E-state index contributed by atoms with van der Waals surface area (Å²) >= 11 is 1.81. The van der Waals surface area contributed by atoms with Crippen LogP contribution in [0.15, 0.2) is 17.5 Å². The molecule has 1 aliphatic heterocycles. The molecule has 3 nitrogen and oxygen atoms in total. The van der Waals surface area contributed by atoms with Crippen molar-refractivity contribution in [3.8, 4) is 0 Å². The van der Waals surface area contributed by atoms with Gasteiger partial charge in [0.05, 0.1) is 0 Å². The number of carboxylic acids is 1. The molecule has 2 heterocycles. The van der Waals surface area contributed by atoms with Crippen LogP contribution in [0.5, 0.6) is 0 Å². The van der Waals surface area contributed by atoms with E-state index >= 15 is 0 Å². The minimum atomic E-state index is -0.668. The quantitative estimate of drug-likeness (QED) is 0.889. The van der Waals surface area contributed by atoms with Crippen molar-refractivity contribution in [2.75, 3.05) is 13.1 Å². The Kier molecular flexibility index (Phi) is 4.78. The van der Waals surface area contributed by atoms with E-state index in [1.165, 1.54) is 17.7 Å². The summed E-state index contributed by atoms with van der Waals surface area (Å²) in [7, 11) is 0. The van der Waals surface area contributed by atoms with Gasteiger partial charge in [0.1, 0.15) is 0 Å². The fraction of sp³-hybridized carbons (Fsp3) is 0.643. The molecule has 1 aliphatic rings. The number of carbonyl (C=O) groups is 1. The number of hydrogen-bond acceptors (Lipinski definition) is 3. The number of thiophene rings is 1. The van der Waals surface area contributed by atoms with Gasteiger partial charge in [-0.05, 0) is 50.1 Å². The van der Waals surface area contributed by atoms with Crippen molar-refractivity contribution in [3.05, 3.63) is 22.4 Å². The van der Waals surface area contributed by atoms with Crippen LogP contribution in [0, 0.1) is 5.92 Å². The fourth-order valence-electron chi connectivity index (χ4n) is 2.72. The minimum absolute atomic E-state index is 0.311. The lowest BCUT2D eigenvalue weighted by Crippen LogP contribution is -2.37. The van der Waals surface area contributed by atoms with E-state index in [0.717, 1.165) is 19.5 Å². The highest BCUT2D eigenvalue weighted by molar-refractivity contribution is 7.10. The molecular weight excluding hydrogens is 246 g/mol. The number of rotatable bonds is 5. The highest BCUT2D eigenvalue weighted by atomic mass is 32.1. The summed E-state index contributed by atoms with van der Waals surface area (Å²) in [5, 5.41) is 10.9. The molecule has 4 heteroatoms. The van der Waals surface area contributed by atoms with Crippen LogP contribution in [0.1, 0.15) is 43.5 Å². The molecule has 0 bridgehead atoms. The van der Waals surface area contributed by atoms with Crippen molar-refractivity contribution in [3.63, 3.8) is 0 Å². The van der Waals surface area contributed by atoms with Gasteiger partial charge in [-0.1, -0.05) is 6.07 Å². The molecule has 2 atom stereocenters. The predicted molar refractivity (Wildman–Crippen MR) is 73.9 cm³/mol. The molecule has 1 aromatic heterocycles. The van der Waals surface area contributed by atoms with Crippen molar-refractivity contribution < 1.29 is 9.90 Å². The lowest BCUT2D eigenvalue weighted by molar-refractivity contribution is -0.137. The first kappa shape index (κ1) is 13.6. The number of hydrogen-bond donors (Lipinski definition) is 1. The molecule has 0 amide bonds. The topological polar surface area (TPSA) is 40.5 Å². The largest absolute Gasteiger partial charge is 0.481 e. The third-order valence-corrected chi connectivity index (χ3v) is 4.86. The van der Waals surface area contributed by atoms with Crippen LogP contribution in [-0.4, -0.2) is 29.1 Å². The summed E-state index contributed by atoms with van der Waals surface area (Å²) in [6.07, 6.45) is 3.51. The molecule has 0 aliphatic carbocycles. The first-order valence-corrected chi connectivity index (χ1v) is 7.54. The summed E-state index contributed by atoms with van der Waals surface area (Å²) in [6.45, 7) is 4.44. The average Bonchev–Trinajstić information content (AvgIpc) is 2.89. The monoisotopic (exact) mass is 267 g/mol. The van der Waals surface area contributed by atoms with Gasteiger partial charge in [0, 0.05) is 23.9 Å². The standard InChI is InChI=1S/C14H21NO2S/c1-11(13-5-3-9-18-13)15-8-2-4-12(10-15)6-7-14(16)17/h3,5,9,11-12H,2,4,6-8,10H2,1H3,(H,16,17). The molecule has 0 radical (unpaired) electrons. The zero-order chi connectivity index (χ0) is 13.0. The zero-order valence-corrected chi connectivity index (χ0v) is 11.7. The lowest BCUT2D eigenvalue weighted by Gasteiger charge is -2.36. The van der Waals surface area contributed by atoms with Crippen molar-refractivity contribution in [1.29, 1.82) is 0 Å². The molecule has 0 saturated carbocycles. The first-order valence-electron chi connectivity index (χ1n) is 6.66. The van der Waals surface area contributed by atoms with E-state index in [9.17, 15) is 4.79 Å². The van der Waals surface area contributed by atoms with Crippen LogP contribution in [0.3, 0.4) is 0 Å². The maximum Gasteiger partial charge on any atom is 0.303 e. The van der Waals surface area contributed by atoms with Gasteiger partial charge in [0.25, 0.3) is 0 Å². The molecule has 1 N–H and O–H groups in total. The fourth-order valence-corrected chi connectivity index (χ4v) is 3.54. The van der Waals surface area contributed by atoms with Gasteiger partial charge < -0.3 is 5.11 Å². The molecule has 2 rings (SSSR count). The van der Waals surface area contributed by atoms with Crippen LogP contribution in [-0.2, 0) is 4.79 Å². The maximum absolute atomic E-state index is 10.6. The van der Waals surface area contributed by atoms with Gasteiger partial charge in [-0.15, -0.1) is 11.3 Å². The van der Waals surface area contributed by atoms with Gasteiger partial charge in [0.15, 0.2) is 0 Å². The molecule has 1 saturated heterocycles. The van der Waals surface area contributed by atoms with Gasteiger partial charge in [-0.2, -0.15) is 0 Å². The van der Waals surface area contributed by atoms with E-state index in [4.69, 9.17) is 5.11 Å². The van der Waals surface area contributed by atoms with Crippen molar-refractivity contribution in [2.24, 2.45) is 5.92 Å². The molecule has 18 heavy (non-hydrogen) atoms. The second-order valence-electron chi connectivity index (χ2n) is 5.13.